The first kappa shape index (κ1) is 14.7. The summed E-state index contributed by atoms with van der Waals surface area (Å²) in [5.41, 5.74) is 0.585. The molecule has 0 radical (unpaired) electrons. The van der Waals surface area contributed by atoms with Crippen molar-refractivity contribution in [1.29, 1.82) is 0 Å². The van der Waals surface area contributed by atoms with Crippen molar-refractivity contribution in [2.45, 2.75) is 40.0 Å². The zero-order valence-electron chi connectivity index (χ0n) is 11.2. The topological polar surface area (TPSA) is 37.3 Å². The van der Waals surface area contributed by atoms with E-state index in [4.69, 9.17) is 0 Å². The highest BCUT2D eigenvalue weighted by molar-refractivity contribution is 5.70. The quantitative estimate of drug-likeness (QED) is 0.863. The van der Waals surface area contributed by atoms with E-state index in [1.54, 1.807) is 18.2 Å². The molecule has 0 aliphatic carbocycles. The molecular formula is C15H21FO2. The van der Waals surface area contributed by atoms with E-state index >= 15 is 0 Å². The molecule has 3 heteroatoms. The fraction of sp³-hybridized carbons (Fsp3) is 0.533. The maximum absolute atomic E-state index is 13.5. The standard InChI is InChI=1S/C15H21FO2/c1-15(2,3)9-8-12(14(17)18)10-11-6-4-5-7-13(11)16/h4-7,12H,8-10H2,1-3H3,(H,17,18). The van der Waals surface area contributed by atoms with E-state index in [1.165, 1.54) is 6.07 Å². The highest BCUT2D eigenvalue weighted by atomic mass is 19.1. The van der Waals surface area contributed by atoms with Gasteiger partial charge < -0.3 is 5.11 Å². The molecule has 0 heterocycles. The first-order valence-corrected chi connectivity index (χ1v) is 6.26. The Hall–Kier alpha value is -1.38. The molecule has 1 aromatic rings. The number of carboxylic acids is 1. The first-order valence-electron chi connectivity index (χ1n) is 6.26. The SMILES string of the molecule is CC(C)(C)CCC(Cc1ccccc1F)C(=O)O. The van der Waals surface area contributed by atoms with Crippen LogP contribution in [0, 0.1) is 17.2 Å². The number of benzene rings is 1. The largest absolute Gasteiger partial charge is 0.481 e. The van der Waals surface area contributed by atoms with Gasteiger partial charge in [-0.3, -0.25) is 4.79 Å². The molecule has 18 heavy (non-hydrogen) atoms. The van der Waals surface area contributed by atoms with E-state index in [0.29, 0.717) is 12.0 Å². The van der Waals surface area contributed by atoms with Gasteiger partial charge in [-0.25, -0.2) is 4.39 Å². The molecule has 1 atom stereocenters. The number of hydrogen-bond donors (Lipinski definition) is 1. The molecule has 2 nitrogen and oxygen atoms in total. The smallest absolute Gasteiger partial charge is 0.306 e. The van der Waals surface area contributed by atoms with Crippen molar-refractivity contribution in [2.24, 2.45) is 11.3 Å². The van der Waals surface area contributed by atoms with Gasteiger partial charge in [-0.05, 0) is 36.3 Å². The molecule has 0 amide bonds. The summed E-state index contributed by atoms with van der Waals surface area (Å²) in [5, 5.41) is 9.20. The molecule has 1 rings (SSSR count). The summed E-state index contributed by atoms with van der Waals surface area (Å²) in [7, 11) is 0. The minimum absolute atomic E-state index is 0.100. The molecule has 0 saturated carbocycles. The highest BCUT2D eigenvalue weighted by Crippen LogP contribution is 2.26. The Morgan fingerprint density at radius 1 is 1.33 bits per heavy atom. The molecule has 0 aromatic heterocycles. The van der Waals surface area contributed by atoms with Crippen LogP contribution in [0.3, 0.4) is 0 Å². The third-order valence-electron chi connectivity index (χ3n) is 3.02. The molecule has 0 saturated heterocycles. The van der Waals surface area contributed by atoms with Gasteiger partial charge in [0.25, 0.3) is 0 Å². The second-order valence-electron chi connectivity index (χ2n) is 5.93. The summed E-state index contributed by atoms with van der Waals surface area (Å²) >= 11 is 0. The van der Waals surface area contributed by atoms with Crippen molar-refractivity contribution in [3.05, 3.63) is 35.6 Å². The minimum atomic E-state index is -0.845. The Bertz CT molecular complexity index is 407. The average molecular weight is 252 g/mol. The summed E-state index contributed by atoms with van der Waals surface area (Å²) in [4.78, 5) is 11.2. The van der Waals surface area contributed by atoms with Crippen LogP contribution >= 0.6 is 0 Å². The van der Waals surface area contributed by atoms with E-state index in [1.807, 2.05) is 0 Å². The second kappa shape index (κ2) is 5.98. The van der Waals surface area contributed by atoms with Crippen LogP contribution < -0.4 is 0 Å². The Morgan fingerprint density at radius 3 is 2.44 bits per heavy atom. The van der Waals surface area contributed by atoms with Crippen LogP contribution in [0.25, 0.3) is 0 Å². The summed E-state index contributed by atoms with van der Waals surface area (Å²) in [5.74, 6) is -1.68. The van der Waals surface area contributed by atoms with Crippen molar-refractivity contribution < 1.29 is 14.3 Å². The lowest BCUT2D eigenvalue weighted by atomic mass is 9.84. The van der Waals surface area contributed by atoms with Gasteiger partial charge in [0, 0.05) is 0 Å². The van der Waals surface area contributed by atoms with Crippen LogP contribution in [0.2, 0.25) is 0 Å². The van der Waals surface area contributed by atoms with Crippen molar-refractivity contribution in [1.82, 2.24) is 0 Å². The van der Waals surface area contributed by atoms with Crippen LogP contribution in [0.4, 0.5) is 4.39 Å². The van der Waals surface area contributed by atoms with Crippen LogP contribution in [0.15, 0.2) is 24.3 Å². The highest BCUT2D eigenvalue weighted by Gasteiger charge is 2.22. The lowest BCUT2D eigenvalue weighted by Crippen LogP contribution is -2.19. The van der Waals surface area contributed by atoms with Crippen molar-refractivity contribution in [3.63, 3.8) is 0 Å². The fourth-order valence-electron chi connectivity index (χ4n) is 1.85. The van der Waals surface area contributed by atoms with Gasteiger partial charge >= 0.3 is 5.97 Å². The van der Waals surface area contributed by atoms with E-state index in [-0.39, 0.29) is 17.7 Å². The number of hydrogen-bond acceptors (Lipinski definition) is 1. The predicted octanol–water partition coefficient (Wildman–Crippen LogP) is 3.90. The van der Waals surface area contributed by atoms with Gasteiger partial charge in [-0.2, -0.15) is 0 Å². The third kappa shape index (κ3) is 4.86. The monoisotopic (exact) mass is 252 g/mol. The number of carbonyl (C=O) groups is 1. The van der Waals surface area contributed by atoms with Gasteiger partial charge in [0.05, 0.1) is 5.92 Å². The van der Waals surface area contributed by atoms with Gasteiger partial charge in [0.2, 0.25) is 0 Å². The lowest BCUT2D eigenvalue weighted by Gasteiger charge is -2.21. The first-order chi connectivity index (χ1) is 8.29. The zero-order chi connectivity index (χ0) is 13.8. The summed E-state index contributed by atoms with van der Waals surface area (Å²) < 4.78 is 13.5. The van der Waals surface area contributed by atoms with Gasteiger partial charge in [-0.1, -0.05) is 39.0 Å². The van der Waals surface area contributed by atoms with Crippen LogP contribution in [-0.2, 0) is 11.2 Å². The Labute approximate surface area is 108 Å². The van der Waals surface area contributed by atoms with Crippen molar-refractivity contribution >= 4 is 5.97 Å². The molecule has 100 valence electrons. The molecule has 0 bridgehead atoms. The van der Waals surface area contributed by atoms with Crippen molar-refractivity contribution in [2.75, 3.05) is 0 Å². The molecule has 0 spiro atoms. The lowest BCUT2D eigenvalue weighted by molar-refractivity contribution is -0.142. The fourth-order valence-corrected chi connectivity index (χ4v) is 1.85. The van der Waals surface area contributed by atoms with Crippen LogP contribution in [0.5, 0.6) is 0 Å². The zero-order valence-corrected chi connectivity index (χ0v) is 11.2. The van der Waals surface area contributed by atoms with Crippen molar-refractivity contribution in [3.8, 4) is 0 Å². The normalized spacial score (nSPS) is 13.3. The molecular weight excluding hydrogens is 231 g/mol. The summed E-state index contributed by atoms with van der Waals surface area (Å²) in [6.07, 6.45) is 1.66. The van der Waals surface area contributed by atoms with E-state index in [2.05, 4.69) is 20.8 Å². The van der Waals surface area contributed by atoms with E-state index in [0.717, 1.165) is 6.42 Å². The third-order valence-corrected chi connectivity index (χ3v) is 3.02. The number of rotatable bonds is 5. The van der Waals surface area contributed by atoms with Gasteiger partial charge in [0.1, 0.15) is 5.82 Å². The number of aliphatic carboxylic acids is 1. The van der Waals surface area contributed by atoms with Gasteiger partial charge in [-0.15, -0.1) is 0 Å². The molecule has 1 N–H and O–H groups in total. The Kier molecular flexibility index (Phi) is 4.88. The van der Waals surface area contributed by atoms with Crippen LogP contribution in [-0.4, -0.2) is 11.1 Å². The van der Waals surface area contributed by atoms with Gasteiger partial charge in [0.15, 0.2) is 0 Å². The molecule has 0 aliphatic heterocycles. The van der Waals surface area contributed by atoms with E-state index in [9.17, 15) is 14.3 Å². The average Bonchev–Trinajstić information content (AvgIpc) is 2.24. The minimum Gasteiger partial charge on any atom is -0.481 e. The Balaban J connectivity index is 2.70. The second-order valence-corrected chi connectivity index (χ2v) is 5.93. The van der Waals surface area contributed by atoms with Crippen LogP contribution in [0.1, 0.15) is 39.2 Å². The predicted molar refractivity (Wildman–Crippen MR) is 69.9 cm³/mol. The Morgan fingerprint density at radius 2 is 1.94 bits per heavy atom. The number of carboxylic acid groups (broad SMARTS) is 1. The maximum Gasteiger partial charge on any atom is 0.306 e. The molecule has 1 aromatic carbocycles. The number of halogens is 1. The maximum atomic E-state index is 13.5. The molecule has 0 fully saturated rings. The molecule has 0 aliphatic rings. The van der Waals surface area contributed by atoms with E-state index < -0.39 is 11.9 Å². The summed E-state index contributed by atoms with van der Waals surface area (Å²) in [6.45, 7) is 6.24. The summed E-state index contributed by atoms with van der Waals surface area (Å²) in [6, 6.07) is 6.38. The molecule has 1 unspecified atom stereocenters.